The van der Waals surface area contributed by atoms with Gasteiger partial charge in [0.25, 0.3) is 5.91 Å². The van der Waals surface area contributed by atoms with E-state index in [-0.39, 0.29) is 11.9 Å². The molecule has 3 aromatic rings. The van der Waals surface area contributed by atoms with E-state index in [9.17, 15) is 4.79 Å². The zero-order valence-electron chi connectivity index (χ0n) is 16.1. The van der Waals surface area contributed by atoms with Crippen molar-refractivity contribution in [3.8, 4) is 11.3 Å². The number of benzene rings is 2. The second-order valence-electron chi connectivity index (χ2n) is 6.81. The largest absolute Gasteiger partial charge is 0.335 e. The lowest BCUT2D eigenvalue weighted by molar-refractivity contribution is 0.0682. The molecule has 27 heavy (non-hydrogen) atoms. The lowest BCUT2D eigenvalue weighted by Crippen LogP contribution is -2.39. The lowest BCUT2D eigenvalue weighted by Gasteiger charge is -2.28. The van der Waals surface area contributed by atoms with E-state index in [2.05, 4.69) is 20.8 Å². The molecular weight excluding hydrogens is 356 g/mol. The molecule has 0 saturated carbocycles. The van der Waals surface area contributed by atoms with Crippen LogP contribution in [-0.2, 0) is 0 Å². The van der Waals surface area contributed by atoms with E-state index in [1.54, 1.807) is 0 Å². The topological polar surface area (TPSA) is 33.2 Å². The van der Waals surface area contributed by atoms with E-state index in [1.165, 1.54) is 0 Å². The highest BCUT2D eigenvalue weighted by atomic mass is 35.5. The van der Waals surface area contributed by atoms with E-state index in [4.69, 9.17) is 16.6 Å². The molecule has 0 N–H and O–H groups in total. The number of hydrogen-bond acceptors (Lipinski definition) is 2. The molecule has 0 aliphatic heterocycles. The summed E-state index contributed by atoms with van der Waals surface area (Å²) in [4.78, 5) is 20.0. The molecule has 1 atom stereocenters. The maximum Gasteiger partial charge on any atom is 0.272 e. The van der Waals surface area contributed by atoms with Crippen molar-refractivity contribution in [3.63, 3.8) is 0 Å². The van der Waals surface area contributed by atoms with Gasteiger partial charge in [-0.25, -0.2) is 4.98 Å². The van der Waals surface area contributed by atoms with Crippen LogP contribution in [0.5, 0.6) is 0 Å². The monoisotopic (exact) mass is 380 g/mol. The number of aromatic nitrogens is 1. The van der Waals surface area contributed by atoms with Crippen LogP contribution in [0.4, 0.5) is 0 Å². The van der Waals surface area contributed by atoms with Crippen molar-refractivity contribution in [1.82, 2.24) is 9.88 Å². The van der Waals surface area contributed by atoms with Gasteiger partial charge in [-0.15, -0.1) is 0 Å². The summed E-state index contributed by atoms with van der Waals surface area (Å²) in [6.07, 6.45) is 1.83. The molecule has 3 rings (SSSR count). The van der Waals surface area contributed by atoms with Crippen LogP contribution in [0.15, 0.2) is 54.6 Å². The first-order valence-corrected chi connectivity index (χ1v) is 9.90. The van der Waals surface area contributed by atoms with E-state index < -0.39 is 0 Å². The molecule has 3 nitrogen and oxygen atoms in total. The molecule has 1 amide bonds. The minimum absolute atomic E-state index is 0.0229. The first kappa shape index (κ1) is 19.4. The predicted molar refractivity (Wildman–Crippen MR) is 113 cm³/mol. The summed E-state index contributed by atoms with van der Waals surface area (Å²) in [5.41, 5.74) is 2.07. The second kappa shape index (κ2) is 8.53. The standard InChI is InChI=1S/C23H25ClN2O/c1-4-14-26(16(3)5-2)23(27)21-15-17-10-6-7-11-18(17)22(25-21)19-12-8-9-13-20(19)24/h6-13,15-16H,4-5,14H2,1-3H3. The molecule has 0 aliphatic carbocycles. The normalized spacial score (nSPS) is 12.1. The number of rotatable bonds is 6. The quantitative estimate of drug-likeness (QED) is 0.509. The summed E-state index contributed by atoms with van der Waals surface area (Å²) in [6.45, 7) is 7.00. The molecule has 1 heterocycles. The Hall–Kier alpha value is -2.39. The number of amides is 1. The van der Waals surface area contributed by atoms with Crippen molar-refractivity contribution in [2.24, 2.45) is 0 Å². The molecule has 0 bridgehead atoms. The van der Waals surface area contributed by atoms with Crippen molar-refractivity contribution < 1.29 is 4.79 Å². The van der Waals surface area contributed by atoms with Gasteiger partial charge in [0.05, 0.1) is 5.69 Å². The fraction of sp³-hybridized carbons (Fsp3) is 0.304. The average Bonchev–Trinajstić information content (AvgIpc) is 2.70. The molecule has 0 radical (unpaired) electrons. The Kier molecular flexibility index (Phi) is 6.12. The number of hydrogen-bond donors (Lipinski definition) is 0. The van der Waals surface area contributed by atoms with Gasteiger partial charge in [0.15, 0.2) is 0 Å². The van der Waals surface area contributed by atoms with Crippen molar-refractivity contribution in [2.45, 2.75) is 39.7 Å². The summed E-state index contributed by atoms with van der Waals surface area (Å²) in [7, 11) is 0. The molecule has 2 aromatic carbocycles. The Morgan fingerprint density at radius 3 is 2.52 bits per heavy atom. The summed E-state index contributed by atoms with van der Waals surface area (Å²) >= 11 is 6.44. The maximum absolute atomic E-state index is 13.3. The van der Waals surface area contributed by atoms with E-state index in [0.717, 1.165) is 41.4 Å². The van der Waals surface area contributed by atoms with Gasteiger partial charge in [-0.05, 0) is 37.3 Å². The van der Waals surface area contributed by atoms with Crippen LogP contribution in [0.3, 0.4) is 0 Å². The third kappa shape index (κ3) is 3.98. The fourth-order valence-corrected chi connectivity index (χ4v) is 3.52. The van der Waals surface area contributed by atoms with Gasteiger partial charge in [0.1, 0.15) is 5.69 Å². The van der Waals surface area contributed by atoms with Crippen LogP contribution in [-0.4, -0.2) is 28.4 Å². The van der Waals surface area contributed by atoms with Crippen LogP contribution < -0.4 is 0 Å². The molecule has 0 fully saturated rings. The van der Waals surface area contributed by atoms with E-state index in [0.29, 0.717) is 10.7 Å². The summed E-state index contributed by atoms with van der Waals surface area (Å²) < 4.78 is 0. The molecule has 1 unspecified atom stereocenters. The first-order valence-electron chi connectivity index (χ1n) is 9.52. The van der Waals surface area contributed by atoms with E-state index >= 15 is 0 Å². The third-order valence-electron chi connectivity index (χ3n) is 4.94. The zero-order chi connectivity index (χ0) is 19.4. The highest BCUT2D eigenvalue weighted by molar-refractivity contribution is 6.33. The maximum atomic E-state index is 13.3. The van der Waals surface area contributed by atoms with Crippen molar-refractivity contribution in [1.29, 1.82) is 0 Å². The van der Waals surface area contributed by atoms with E-state index in [1.807, 2.05) is 59.5 Å². The Labute approximate surface area is 166 Å². The summed E-state index contributed by atoms with van der Waals surface area (Å²) in [5, 5.41) is 2.62. The van der Waals surface area contributed by atoms with Gasteiger partial charge in [-0.3, -0.25) is 4.79 Å². The predicted octanol–water partition coefficient (Wildman–Crippen LogP) is 6.21. The third-order valence-corrected chi connectivity index (χ3v) is 5.27. The smallest absolute Gasteiger partial charge is 0.272 e. The first-order chi connectivity index (χ1) is 13.1. The number of nitrogens with zero attached hydrogens (tertiary/aromatic N) is 2. The molecule has 0 spiro atoms. The number of carbonyl (C=O) groups excluding carboxylic acids is 1. The number of halogens is 1. The van der Waals surface area contributed by atoms with Crippen molar-refractivity contribution in [2.75, 3.05) is 6.54 Å². The van der Waals surface area contributed by atoms with Crippen LogP contribution in [0, 0.1) is 0 Å². The Morgan fingerprint density at radius 2 is 1.81 bits per heavy atom. The van der Waals surface area contributed by atoms with Gasteiger partial charge < -0.3 is 4.90 Å². The lowest BCUT2D eigenvalue weighted by atomic mass is 10.0. The fourth-order valence-electron chi connectivity index (χ4n) is 3.30. The Morgan fingerprint density at radius 1 is 1.11 bits per heavy atom. The van der Waals surface area contributed by atoms with Crippen LogP contribution >= 0.6 is 11.6 Å². The summed E-state index contributed by atoms with van der Waals surface area (Å²) in [6, 6.07) is 17.7. The average molecular weight is 381 g/mol. The SMILES string of the molecule is CCCN(C(=O)c1cc2ccccc2c(-c2ccccc2Cl)n1)C(C)CC. The van der Waals surface area contributed by atoms with Crippen LogP contribution in [0.1, 0.15) is 44.1 Å². The van der Waals surface area contributed by atoms with Crippen molar-refractivity contribution in [3.05, 3.63) is 65.3 Å². The molecular formula is C23H25ClN2O. The van der Waals surface area contributed by atoms with Gasteiger partial charge in [0.2, 0.25) is 0 Å². The Bertz CT molecular complexity index is 954. The van der Waals surface area contributed by atoms with Gasteiger partial charge >= 0.3 is 0 Å². The molecule has 1 aromatic heterocycles. The van der Waals surface area contributed by atoms with Crippen LogP contribution in [0.25, 0.3) is 22.0 Å². The minimum atomic E-state index is -0.0229. The molecule has 0 aliphatic rings. The Balaban J connectivity index is 2.18. The summed E-state index contributed by atoms with van der Waals surface area (Å²) in [5.74, 6) is -0.0229. The van der Waals surface area contributed by atoms with Crippen LogP contribution in [0.2, 0.25) is 5.02 Å². The highest BCUT2D eigenvalue weighted by Crippen LogP contribution is 2.32. The zero-order valence-corrected chi connectivity index (χ0v) is 16.8. The van der Waals surface area contributed by atoms with Gasteiger partial charge in [-0.1, -0.05) is 67.9 Å². The number of pyridine rings is 1. The number of fused-ring (bicyclic) bond motifs is 1. The number of carbonyl (C=O) groups is 1. The molecule has 0 saturated heterocycles. The molecule has 4 heteroatoms. The van der Waals surface area contributed by atoms with Gasteiger partial charge in [-0.2, -0.15) is 0 Å². The minimum Gasteiger partial charge on any atom is -0.335 e. The van der Waals surface area contributed by atoms with Gasteiger partial charge in [0, 0.05) is 28.6 Å². The second-order valence-corrected chi connectivity index (χ2v) is 7.22. The highest BCUT2D eigenvalue weighted by Gasteiger charge is 2.22. The van der Waals surface area contributed by atoms with Crippen molar-refractivity contribution >= 4 is 28.3 Å². The molecule has 140 valence electrons.